The molecule has 1 N–H and O–H groups in total. The molecule has 0 bridgehead atoms. The van der Waals surface area contributed by atoms with Gasteiger partial charge >= 0.3 is 6.03 Å². The van der Waals surface area contributed by atoms with Crippen molar-refractivity contribution >= 4 is 17.8 Å². The second-order valence-corrected chi connectivity index (χ2v) is 5.63. The number of hydrogen-bond acceptors (Lipinski definition) is 5. The second-order valence-electron chi connectivity index (χ2n) is 5.63. The number of amides is 4. The average Bonchev–Trinajstić information content (AvgIpc) is 3.06. The van der Waals surface area contributed by atoms with Crippen molar-refractivity contribution in [1.82, 2.24) is 20.3 Å². The minimum atomic E-state index is -0.523. The van der Waals surface area contributed by atoms with Crippen molar-refractivity contribution in [2.75, 3.05) is 20.1 Å². The highest BCUT2D eigenvalue weighted by atomic mass is 16.5. The maximum atomic E-state index is 12.2. The number of fused-ring (bicyclic) bond motifs is 1. The fourth-order valence-electron chi connectivity index (χ4n) is 2.76. The third-order valence-corrected chi connectivity index (χ3v) is 4.07. The number of aryl methyl sites for hydroxylation is 1. The Kier molecular flexibility index (Phi) is 3.82. The minimum Gasteiger partial charge on any atom is -0.361 e. The van der Waals surface area contributed by atoms with E-state index in [2.05, 4.69) is 10.5 Å². The lowest BCUT2D eigenvalue weighted by molar-refractivity contribution is -0.136. The molecule has 0 saturated carbocycles. The van der Waals surface area contributed by atoms with Gasteiger partial charge in [-0.25, -0.2) is 4.79 Å². The summed E-state index contributed by atoms with van der Waals surface area (Å²) in [6.07, 6.45) is 4.01. The minimum absolute atomic E-state index is 0.0490. The molecule has 8 nitrogen and oxygen atoms in total. The lowest BCUT2D eigenvalue weighted by Gasteiger charge is -2.20. The monoisotopic (exact) mass is 306 g/mol. The highest BCUT2D eigenvalue weighted by Gasteiger charge is 2.31. The summed E-state index contributed by atoms with van der Waals surface area (Å²) in [6.45, 7) is 0.0230. The van der Waals surface area contributed by atoms with Crippen LogP contribution in [0.3, 0.4) is 0 Å². The molecular weight excluding hydrogens is 288 g/mol. The van der Waals surface area contributed by atoms with Gasteiger partial charge in [0.25, 0.3) is 5.91 Å². The summed E-state index contributed by atoms with van der Waals surface area (Å²) in [5.74, 6) is 0.222. The Balaban J connectivity index is 1.63. The second kappa shape index (κ2) is 5.78. The van der Waals surface area contributed by atoms with E-state index >= 15 is 0 Å². The normalized spacial score (nSPS) is 17.4. The Bertz CT molecular complexity index is 608. The van der Waals surface area contributed by atoms with E-state index in [4.69, 9.17) is 4.52 Å². The third-order valence-electron chi connectivity index (χ3n) is 4.07. The molecule has 22 heavy (non-hydrogen) atoms. The van der Waals surface area contributed by atoms with E-state index in [0.29, 0.717) is 6.54 Å². The van der Waals surface area contributed by atoms with Crippen molar-refractivity contribution in [2.45, 2.75) is 32.2 Å². The molecular formula is C14H18N4O4. The van der Waals surface area contributed by atoms with E-state index in [1.54, 1.807) is 7.05 Å². The lowest BCUT2D eigenvalue weighted by Crippen LogP contribution is -2.41. The Morgan fingerprint density at radius 3 is 2.86 bits per heavy atom. The van der Waals surface area contributed by atoms with Crippen LogP contribution in [0.25, 0.3) is 0 Å². The van der Waals surface area contributed by atoms with Gasteiger partial charge in [-0.15, -0.1) is 0 Å². The number of rotatable bonds is 4. The molecule has 3 rings (SSSR count). The Morgan fingerprint density at radius 1 is 1.36 bits per heavy atom. The van der Waals surface area contributed by atoms with Crippen molar-refractivity contribution in [3.63, 3.8) is 0 Å². The molecule has 8 heteroatoms. The molecule has 118 valence electrons. The number of aromatic nitrogens is 1. The van der Waals surface area contributed by atoms with Crippen LogP contribution >= 0.6 is 0 Å². The topological polar surface area (TPSA) is 95.8 Å². The van der Waals surface area contributed by atoms with E-state index in [9.17, 15) is 14.4 Å². The SMILES string of the molecule is CN(Cc1noc2c1CCCC2)C(=O)CN1C(=O)CNC1=O. The molecule has 0 unspecified atom stereocenters. The number of hydrogen-bond donors (Lipinski definition) is 1. The highest BCUT2D eigenvalue weighted by molar-refractivity contribution is 6.04. The fraction of sp³-hybridized carbons (Fsp3) is 0.571. The average molecular weight is 306 g/mol. The maximum absolute atomic E-state index is 12.2. The van der Waals surface area contributed by atoms with Gasteiger partial charge in [-0.1, -0.05) is 5.16 Å². The number of urea groups is 1. The van der Waals surface area contributed by atoms with Gasteiger partial charge in [-0.2, -0.15) is 0 Å². The van der Waals surface area contributed by atoms with Crippen LogP contribution in [0.15, 0.2) is 4.52 Å². The zero-order chi connectivity index (χ0) is 15.7. The molecule has 4 amide bonds. The summed E-state index contributed by atoms with van der Waals surface area (Å²) in [5.41, 5.74) is 1.86. The summed E-state index contributed by atoms with van der Waals surface area (Å²) >= 11 is 0. The lowest BCUT2D eigenvalue weighted by atomic mass is 9.96. The molecule has 1 saturated heterocycles. The molecule has 1 aromatic heterocycles. The third kappa shape index (κ3) is 2.68. The quantitative estimate of drug-likeness (QED) is 0.794. The highest BCUT2D eigenvalue weighted by Crippen LogP contribution is 2.24. The molecule has 0 aromatic carbocycles. The van der Waals surface area contributed by atoms with Crippen LogP contribution in [0, 0.1) is 0 Å². The first-order chi connectivity index (χ1) is 10.6. The smallest absolute Gasteiger partial charge is 0.325 e. The van der Waals surface area contributed by atoms with Crippen LogP contribution in [-0.4, -0.2) is 52.9 Å². The predicted molar refractivity (Wildman–Crippen MR) is 74.7 cm³/mol. The molecule has 0 atom stereocenters. The van der Waals surface area contributed by atoms with Gasteiger partial charge < -0.3 is 14.7 Å². The van der Waals surface area contributed by atoms with Gasteiger partial charge in [0.15, 0.2) is 0 Å². The van der Waals surface area contributed by atoms with E-state index in [1.807, 2.05) is 0 Å². The summed E-state index contributed by atoms with van der Waals surface area (Å²) < 4.78 is 5.32. The Labute approximate surface area is 127 Å². The van der Waals surface area contributed by atoms with Crippen LogP contribution in [0.5, 0.6) is 0 Å². The van der Waals surface area contributed by atoms with E-state index < -0.39 is 6.03 Å². The van der Waals surface area contributed by atoms with E-state index in [-0.39, 0.29) is 24.9 Å². The van der Waals surface area contributed by atoms with Crippen molar-refractivity contribution in [1.29, 1.82) is 0 Å². The predicted octanol–water partition coefficient (Wildman–Crippen LogP) is 0.0636. The van der Waals surface area contributed by atoms with Crippen LogP contribution in [0.1, 0.15) is 29.9 Å². The summed E-state index contributed by atoms with van der Waals surface area (Å²) in [7, 11) is 1.63. The van der Waals surface area contributed by atoms with Crippen LogP contribution < -0.4 is 5.32 Å². The van der Waals surface area contributed by atoms with E-state index in [1.165, 1.54) is 4.90 Å². The molecule has 1 aromatic rings. The largest absolute Gasteiger partial charge is 0.361 e. The van der Waals surface area contributed by atoms with Gasteiger partial charge in [-0.3, -0.25) is 14.5 Å². The summed E-state index contributed by atoms with van der Waals surface area (Å²) in [6, 6.07) is -0.523. The van der Waals surface area contributed by atoms with Crippen LogP contribution in [-0.2, 0) is 29.0 Å². The number of nitrogens with one attached hydrogen (secondary N) is 1. The van der Waals surface area contributed by atoms with Crippen molar-refractivity contribution in [3.8, 4) is 0 Å². The van der Waals surface area contributed by atoms with Gasteiger partial charge in [0.05, 0.1) is 13.1 Å². The standard InChI is InChI=1S/C14H18N4O4/c1-17(13(20)8-18-12(19)6-15-14(18)21)7-10-9-4-2-3-5-11(9)22-16-10/h2-8H2,1H3,(H,15,21). The molecule has 0 radical (unpaired) electrons. The first kappa shape index (κ1) is 14.6. The first-order valence-corrected chi connectivity index (χ1v) is 7.34. The van der Waals surface area contributed by atoms with Gasteiger partial charge in [0, 0.05) is 19.0 Å². The molecule has 0 spiro atoms. The van der Waals surface area contributed by atoms with Crippen molar-refractivity contribution < 1.29 is 18.9 Å². The molecule has 2 heterocycles. The maximum Gasteiger partial charge on any atom is 0.325 e. The van der Waals surface area contributed by atoms with Crippen molar-refractivity contribution in [2.24, 2.45) is 0 Å². The number of imide groups is 1. The Morgan fingerprint density at radius 2 is 2.14 bits per heavy atom. The van der Waals surface area contributed by atoms with Gasteiger partial charge in [0.2, 0.25) is 5.91 Å². The van der Waals surface area contributed by atoms with Gasteiger partial charge in [0.1, 0.15) is 18.0 Å². The summed E-state index contributed by atoms with van der Waals surface area (Å²) in [4.78, 5) is 37.5. The van der Waals surface area contributed by atoms with Gasteiger partial charge in [-0.05, 0) is 19.3 Å². The van der Waals surface area contributed by atoms with Crippen molar-refractivity contribution in [3.05, 3.63) is 17.0 Å². The number of nitrogens with zero attached hydrogens (tertiary/aromatic N) is 3. The first-order valence-electron chi connectivity index (χ1n) is 7.34. The zero-order valence-corrected chi connectivity index (χ0v) is 12.4. The zero-order valence-electron chi connectivity index (χ0n) is 12.4. The summed E-state index contributed by atoms with van der Waals surface area (Å²) in [5, 5.41) is 6.44. The van der Waals surface area contributed by atoms with Crippen LogP contribution in [0.2, 0.25) is 0 Å². The van der Waals surface area contributed by atoms with E-state index in [0.717, 1.165) is 47.6 Å². The Hall–Kier alpha value is -2.38. The molecule has 1 fully saturated rings. The fourth-order valence-corrected chi connectivity index (χ4v) is 2.76. The number of carbonyl (C=O) groups is 3. The van der Waals surface area contributed by atoms with Crippen LogP contribution in [0.4, 0.5) is 4.79 Å². The molecule has 1 aliphatic heterocycles. The molecule has 1 aliphatic carbocycles. The number of likely N-dealkylation sites (N-methyl/N-ethyl adjacent to an activating group) is 1. The molecule has 2 aliphatic rings. The number of carbonyl (C=O) groups excluding carboxylic acids is 3.